The molecule has 0 atom stereocenters. The molecule has 27 heavy (non-hydrogen) atoms. The van der Waals surface area contributed by atoms with Crippen LogP contribution >= 0.6 is 23.8 Å². The van der Waals surface area contributed by atoms with E-state index in [0.717, 1.165) is 49.3 Å². The zero-order chi connectivity index (χ0) is 18.8. The molecule has 1 aliphatic heterocycles. The fourth-order valence-electron chi connectivity index (χ4n) is 3.56. The second kappa shape index (κ2) is 7.84. The molecule has 5 nitrogen and oxygen atoms in total. The van der Waals surface area contributed by atoms with Gasteiger partial charge in [-0.25, -0.2) is 4.68 Å². The van der Waals surface area contributed by atoms with Crippen LogP contribution < -0.4 is 9.80 Å². The minimum Gasteiger partial charge on any atom is -0.360 e. The molecular weight excluding hydrogens is 378 g/mol. The molecule has 0 saturated carbocycles. The molecular formula is C20H23ClN5S+. The van der Waals surface area contributed by atoms with E-state index >= 15 is 0 Å². The van der Waals surface area contributed by atoms with Gasteiger partial charge in [-0.05, 0) is 36.8 Å². The minimum atomic E-state index is 0.606. The highest BCUT2D eigenvalue weighted by molar-refractivity contribution is 7.71. The molecule has 1 fully saturated rings. The van der Waals surface area contributed by atoms with Crippen molar-refractivity contribution in [3.05, 3.63) is 63.9 Å². The van der Waals surface area contributed by atoms with Crippen LogP contribution in [0.2, 0.25) is 5.02 Å². The van der Waals surface area contributed by atoms with E-state index in [-0.39, 0.29) is 0 Å². The van der Waals surface area contributed by atoms with Crippen molar-refractivity contribution < 1.29 is 4.90 Å². The lowest BCUT2D eigenvalue weighted by Gasteiger charge is -2.34. The van der Waals surface area contributed by atoms with Gasteiger partial charge < -0.3 is 9.80 Å². The number of aromatic amines is 1. The van der Waals surface area contributed by atoms with Crippen LogP contribution in [0.25, 0.3) is 11.4 Å². The Balaban J connectivity index is 1.42. The van der Waals surface area contributed by atoms with Gasteiger partial charge >= 0.3 is 0 Å². The Morgan fingerprint density at radius 3 is 2.63 bits per heavy atom. The van der Waals surface area contributed by atoms with Crippen LogP contribution in [0.3, 0.4) is 0 Å². The number of anilines is 1. The molecule has 0 unspecified atom stereocenters. The van der Waals surface area contributed by atoms with E-state index < -0.39 is 0 Å². The third kappa shape index (κ3) is 4.08. The number of aromatic nitrogens is 3. The third-order valence-electron chi connectivity index (χ3n) is 5.09. The zero-order valence-corrected chi connectivity index (χ0v) is 16.9. The summed E-state index contributed by atoms with van der Waals surface area (Å²) in [5, 5.41) is 4.15. The molecule has 1 saturated heterocycles. The molecule has 7 heteroatoms. The Labute approximate surface area is 169 Å². The van der Waals surface area contributed by atoms with Crippen LogP contribution in [0.15, 0.2) is 48.5 Å². The maximum Gasteiger partial charge on any atom is 0.221 e. The quantitative estimate of drug-likeness (QED) is 0.661. The molecule has 3 aromatic rings. The number of nitrogens with one attached hydrogen (secondary N) is 2. The predicted octanol–water partition coefficient (Wildman–Crippen LogP) is 2.93. The molecule has 2 aromatic carbocycles. The van der Waals surface area contributed by atoms with Crippen LogP contribution in [0.5, 0.6) is 0 Å². The van der Waals surface area contributed by atoms with E-state index in [1.54, 1.807) is 0 Å². The largest absolute Gasteiger partial charge is 0.360 e. The van der Waals surface area contributed by atoms with Gasteiger partial charge in [0.2, 0.25) is 4.77 Å². The topological polar surface area (TPSA) is 41.3 Å². The van der Waals surface area contributed by atoms with E-state index in [1.165, 1.54) is 16.2 Å². The average molecular weight is 401 g/mol. The zero-order valence-electron chi connectivity index (χ0n) is 15.3. The number of hydrogen-bond donors (Lipinski definition) is 2. The summed E-state index contributed by atoms with van der Waals surface area (Å²) in [6.45, 7) is 7.05. The third-order valence-corrected chi connectivity index (χ3v) is 5.64. The van der Waals surface area contributed by atoms with Crippen molar-refractivity contribution in [2.45, 2.75) is 13.6 Å². The highest BCUT2D eigenvalue weighted by Gasteiger charge is 2.22. The van der Waals surface area contributed by atoms with Crippen LogP contribution in [0, 0.1) is 11.7 Å². The monoisotopic (exact) mass is 400 g/mol. The van der Waals surface area contributed by atoms with Crippen molar-refractivity contribution in [2.24, 2.45) is 0 Å². The van der Waals surface area contributed by atoms with Gasteiger partial charge in [0.05, 0.1) is 26.2 Å². The number of aryl methyl sites for hydroxylation is 1. The lowest BCUT2D eigenvalue weighted by molar-refractivity contribution is -0.924. The van der Waals surface area contributed by atoms with Gasteiger partial charge in [0.15, 0.2) is 12.5 Å². The number of nitrogens with zero attached hydrogens (tertiary/aromatic N) is 3. The molecule has 0 bridgehead atoms. The second-order valence-corrected chi connectivity index (χ2v) is 7.78. The van der Waals surface area contributed by atoms with E-state index in [9.17, 15) is 0 Å². The molecule has 2 heterocycles. The molecule has 2 N–H and O–H groups in total. The number of benzene rings is 2. The first-order valence-electron chi connectivity index (χ1n) is 9.17. The van der Waals surface area contributed by atoms with Crippen molar-refractivity contribution in [2.75, 3.05) is 31.1 Å². The normalized spacial score (nSPS) is 15.3. The summed E-state index contributed by atoms with van der Waals surface area (Å²) < 4.78 is 2.59. The first kappa shape index (κ1) is 18.2. The standard InChI is InChI=1S/C20H22ClN5S/c1-15-7-8-17(21)13-18(15)25-11-9-24(10-12-25)14-26-20(27)22-19(23-26)16-5-3-2-4-6-16/h2-8,13H,9-12,14H2,1H3,(H,22,23,27)/p+1. The van der Waals surface area contributed by atoms with Gasteiger partial charge in [-0.15, -0.1) is 0 Å². The van der Waals surface area contributed by atoms with E-state index in [4.69, 9.17) is 23.8 Å². The molecule has 1 aromatic heterocycles. The summed E-state index contributed by atoms with van der Waals surface area (Å²) in [7, 11) is 0. The van der Waals surface area contributed by atoms with Crippen LogP contribution in [-0.4, -0.2) is 40.9 Å². The summed E-state index contributed by atoms with van der Waals surface area (Å²) in [5.41, 5.74) is 3.57. The first-order chi connectivity index (χ1) is 13.1. The van der Waals surface area contributed by atoms with E-state index in [0.29, 0.717) is 4.77 Å². The molecule has 4 rings (SSSR count). The van der Waals surface area contributed by atoms with Crippen LogP contribution in [0.1, 0.15) is 5.56 Å². The fraction of sp³-hybridized carbons (Fsp3) is 0.300. The van der Waals surface area contributed by atoms with Crippen molar-refractivity contribution in [3.8, 4) is 11.4 Å². The van der Waals surface area contributed by atoms with Gasteiger partial charge in [-0.2, -0.15) is 4.98 Å². The van der Waals surface area contributed by atoms with Gasteiger partial charge in [0, 0.05) is 16.3 Å². The van der Waals surface area contributed by atoms with Crippen molar-refractivity contribution in [3.63, 3.8) is 0 Å². The van der Waals surface area contributed by atoms with Crippen molar-refractivity contribution in [1.82, 2.24) is 14.8 Å². The SMILES string of the molecule is Cc1ccc(Cl)cc1N1CC[NH+](Cn2[nH]c(-c3ccccc3)nc2=S)CC1. The number of piperazine rings is 1. The van der Waals surface area contributed by atoms with Gasteiger partial charge in [-0.3, -0.25) is 5.10 Å². The maximum absolute atomic E-state index is 6.18. The minimum absolute atomic E-state index is 0.606. The lowest BCUT2D eigenvalue weighted by Crippen LogP contribution is -3.14. The molecule has 0 amide bonds. The summed E-state index contributed by atoms with van der Waals surface area (Å²) in [6.07, 6.45) is 0. The highest BCUT2D eigenvalue weighted by atomic mass is 35.5. The van der Waals surface area contributed by atoms with Crippen molar-refractivity contribution >= 4 is 29.5 Å². The number of rotatable bonds is 4. The van der Waals surface area contributed by atoms with Gasteiger partial charge in [0.1, 0.15) is 0 Å². The Bertz CT molecular complexity index is 974. The molecule has 1 aliphatic rings. The van der Waals surface area contributed by atoms with Crippen LogP contribution in [0.4, 0.5) is 5.69 Å². The van der Waals surface area contributed by atoms with Crippen molar-refractivity contribution in [1.29, 1.82) is 0 Å². The molecule has 0 aliphatic carbocycles. The van der Waals surface area contributed by atoms with E-state index in [2.05, 4.69) is 34.0 Å². The number of halogens is 1. The Hall–Kier alpha value is -2.15. The second-order valence-electron chi connectivity index (χ2n) is 6.97. The summed E-state index contributed by atoms with van der Waals surface area (Å²) in [5.74, 6) is 0.827. The first-order valence-corrected chi connectivity index (χ1v) is 9.96. The van der Waals surface area contributed by atoms with Gasteiger partial charge in [-0.1, -0.05) is 48.0 Å². The Morgan fingerprint density at radius 2 is 1.89 bits per heavy atom. The fourth-order valence-corrected chi connectivity index (χ4v) is 3.93. The predicted molar refractivity (Wildman–Crippen MR) is 112 cm³/mol. The number of hydrogen-bond acceptors (Lipinski definition) is 3. The number of quaternary nitrogens is 1. The molecule has 140 valence electrons. The highest BCUT2D eigenvalue weighted by Crippen LogP contribution is 2.24. The number of H-pyrrole nitrogens is 1. The van der Waals surface area contributed by atoms with Crippen LogP contribution in [-0.2, 0) is 6.67 Å². The lowest BCUT2D eigenvalue weighted by atomic mass is 10.1. The smallest absolute Gasteiger partial charge is 0.221 e. The summed E-state index contributed by atoms with van der Waals surface area (Å²) in [4.78, 5) is 8.43. The summed E-state index contributed by atoms with van der Waals surface area (Å²) in [6, 6.07) is 16.2. The Kier molecular flexibility index (Phi) is 5.29. The summed E-state index contributed by atoms with van der Waals surface area (Å²) >= 11 is 11.6. The average Bonchev–Trinajstić information content (AvgIpc) is 3.06. The Morgan fingerprint density at radius 1 is 1.15 bits per heavy atom. The molecule has 0 spiro atoms. The van der Waals surface area contributed by atoms with Gasteiger partial charge in [0.25, 0.3) is 0 Å². The van der Waals surface area contributed by atoms with E-state index in [1.807, 2.05) is 41.1 Å². The maximum atomic E-state index is 6.18. The molecule has 0 radical (unpaired) electrons.